The average Bonchev–Trinajstić information content (AvgIpc) is 2.26. The van der Waals surface area contributed by atoms with Crippen LogP contribution in [0.25, 0.3) is 0 Å². The number of benzene rings is 1. The first kappa shape index (κ1) is 12.1. The molecule has 0 saturated heterocycles. The van der Waals surface area contributed by atoms with Gasteiger partial charge in [0, 0.05) is 17.7 Å². The molecule has 0 aromatic heterocycles. The minimum atomic E-state index is 0.0646. The summed E-state index contributed by atoms with van der Waals surface area (Å²) in [5.41, 5.74) is 7.21. The molecular weight excluding hydrogens is 202 g/mol. The summed E-state index contributed by atoms with van der Waals surface area (Å²) in [6.45, 7) is 3.27. The molecule has 0 aliphatic heterocycles. The molecule has 16 heavy (non-hydrogen) atoms. The van der Waals surface area contributed by atoms with E-state index < -0.39 is 0 Å². The molecule has 0 saturated carbocycles. The number of rotatable bonds is 4. The third kappa shape index (κ3) is 4.04. The Morgan fingerprint density at radius 3 is 2.38 bits per heavy atom. The first-order chi connectivity index (χ1) is 7.59. The fourth-order valence-corrected chi connectivity index (χ4v) is 1.20. The topological polar surface area (TPSA) is 67.8 Å². The Morgan fingerprint density at radius 2 is 1.81 bits per heavy atom. The zero-order chi connectivity index (χ0) is 12.0. The minimum Gasteiger partial charge on any atom is -0.382 e. The lowest BCUT2D eigenvalue weighted by Crippen LogP contribution is -2.12. The van der Waals surface area contributed by atoms with Crippen LogP contribution >= 0.6 is 0 Å². The van der Waals surface area contributed by atoms with E-state index >= 15 is 0 Å². The van der Waals surface area contributed by atoms with Gasteiger partial charge in [-0.05, 0) is 13.8 Å². The maximum atomic E-state index is 10.8. The normalized spacial score (nSPS) is 12.6. The van der Waals surface area contributed by atoms with Crippen molar-refractivity contribution in [3.63, 3.8) is 0 Å². The number of amidine groups is 1. The minimum absolute atomic E-state index is 0.0646. The van der Waals surface area contributed by atoms with E-state index in [4.69, 9.17) is 5.73 Å². The standard InChI is InChI=1S/C12H15N3O/c1-9(8-10(2)16)14-15-12(13)11-6-4-3-5-7-11/h3-7H,8H2,1-2H3,(H2,13,15). The lowest BCUT2D eigenvalue weighted by molar-refractivity contribution is -0.115. The van der Waals surface area contributed by atoms with Gasteiger partial charge in [-0.3, -0.25) is 4.79 Å². The Bertz CT molecular complexity index is 421. The number of carbonyl (C=O) groups is 1. The molecule has 0 atom stereocenters. The molecule has 1 aromatic rings. The molecule has 0 spiro atoms. The maximum absolute atomic E-state index is 10.8. The Balaban J connectivity index is 2.75. The molecule has 0 bridgehead atoms. The summed E-state index contributed by atoms with van der Waals surface area (Å²) < 4.78 is 0. The molecule has 4 nitrogen and oxygen atoms in total. The molecule has 0 amide bonds. The van der Waals surface area contributed by atoms with Crippen LogP contribution in [0.3, 0.4) is 0 Å². The maximum Gasteiger partial charge on any atom is 0.153 e. The Kier molecular flexibility index (Phi) is 4.39. The van der Waals surface area contributed by atoms with Gasteiger partial charge in [0.25, 0.3) is 0 Å². The van der Waals surface area contributed by atoms with Crippen molar-refractivity contribution < 1.29 is 4.79 Å². The predicted molar refractivity (Wildman–Crippen MR) is 65.6 cm³/mol. The lowest BCUT2D eigenvalue weighted by atomic mass is 10.2. The molecule has 1 aromatic carbocycles. The summed E-state index contributed by atoms with van der Waals surface area (Å²) >= 11 is 0. The Morgan fingerprint density at radius 1 is 1.19 bits per heavy atom. The number of carbonyl (C=O) groups excluding carboxylic acids is 1. The zero-order valence-electron chi connectivity index (χ0n) is 9.47. The van der Waals surface area contributed by atoms with Crippen LogP contribution in [0, 0.1) is 0 Å². The highest BCUT2D eigenvalue weighted by molar-refractivity contribution is 6.01. The van der Waals surface area contributed by atoms with Crippen LogP contribution in [0.15, 0.2) is 40.5 Å². The van der Waals surface area contributed by atoms with Gasteiger partial charge in [0.05, 0.1) is 0 Å². The quantitative estimate of drug-likeness (QED) is 0.474. The molecule has 84 valence electrons. The summed E-state index contributed by atoms with van der Waals surface area (Å²) in [4.78, 5) is 10.8. The van der Waals surface area contributed by atoms with Gasteiger partial charge in [-0.2, -0.15) is 5.10 Å². The average molecular weight is 217 g/mol. The van der Waals surface area contributed by atoms with Gasteiger partial charge in [0.15, 0.2) is 5.84 Å². The van der Waals surface area contributed by atoms with Crippen molar-refractivity contribution in [2.24, 2.45) is 15.9 Å². The second kappa shape index (κ2) is 5.80. The molecule has 1 rings (SSSR count). The summed E-state index contributed by atoms with van der Waals surface area (Å²) in [6.07, 6.45) is 0.311. The van der Waals surface area contributed by atoms with Crippen molar-refractivity contribution in [1.82, 2.24) is 0 Å². The van der Waals surface area contributed by atoms with E-state index in [2.05, 4.69) is 10.2 Å². The molecule has 2 N–H and O–H groups in total. The van der Waals surface area contributed by atoms with Gasteiger partial charge < -0.3 is 5.73 Å². The van der Waals surface area contributed by atoms with E-state index in [1.54, 1.807) is 6.92 Å². The summed E-state index contributed by atoms with van der Waals surface area (Å²) in [5.74, 6) is 0.415. The van der Waals surface area contributed by atoms with Crippen molar-refractivity contribution >= 4 is 17.3 Å². The van der Waals surface area contributed by atoms with E-state index in [0.29, 0.717) is 18.0 Å². The van der Waals surface area contributed by atoms with Crippen LogP contribution in [-0.4, -0.2) is 17.3 Å². The van der Waals surface area contributed by atoms with E-state index in [0.717, 1.165) is 5.56 Å². The summed E-state index contributed by atoms with van der Waals surface area (Å²) in [7, 11) is 0. The number of ketones is 1. The summed E-state index contributed by atoms with van der Waals surface area (Å²) in [5, 5.41) is 7.78. The van der Waals surface area contributed by atoms with E-state index in [1.165, 1.54) is 6.92 Å². The first-order valence-electron chi connectivity index (χ1n) is 5.01. The third-order valence-electron chi connectivity index (χ3n) is 1.90. The zero-order valence-corrected chi connectivity index (χ0v) is 9.47. The smallest absolute Gasteiger partial charge is 0.153 e. The van der Waals surface area contributed by atoms with Gasteiger partial charge in [0.1, 0.15) is 5.78 Å². The number of hydrogen-bond donors (Lipinski definition) is 1. The molecule has 0 fully saturated rings. The van der Waals surface area contributed by atoms with Crippen LogP contribution in [-0.2, 0) is 4.79 Å². The van der Waals surface area contributed by atoms with Crippen LogP contribution in [0.5, 0.6) is 0 Å². The van der Waals surface area contributed by atoms with E-state index in [1.807, 2.05) is 30.3 Å². The highest BCUT2D eigenvalue weighted by Crippen LogP contribution is 1.98. The van der Waals surface area contributed by atoms with Crippen molar-refractivity contribution in [1.29, 1.82) is 0 Å². The molecule has 4 heteroatoms. The van der Waals surface area contributed by atoms with Gasteiger partial charge >= 0.3 is 0 Å². The second-order valence-electron chi connectivity index (χ2n) is 3.57. The van der Waals surface area contributed by atoms with Crippen LogP contribution in [0.4, 0.5) is 0 Å². The van der Waals surface area contributed by atoms with Crippen molar-refractivity contribution in [3.8, 4) is 0 Å². The van der Waals surface area contributed by atoms with Gasteiger partial charge in [-0.1, -0.05) is 30.3 Å². The second-order valence-corrected chi connectivity index (χ2v) is 3.57. The van der Waals surface area contributed by atoms with Crippen molar-refractivity contribution in [2.75, 3.05) is 0 Å². The van der Waals surface area contributed by atoms with Crippen LogP contribution in [0.1, 0.15) is 25.8 Å². The number of Topliss-reactive ketones (excluding diaryl/α,β-unsaturated/α-hetero) is 1. The number of nitrogens with zero attached hydrogens (tertiary/aromatic N) is 2. The van der Waals surface area contributed by atoms with E-state index in [9.17, 15) is 4.79 Å². The molecule has 0 aliphatic rings. The molecular formula is C12H15N3O. The molecule has 0 aliphatic carbocycles. The molecule has 0 unspecified atom stereocenters. The SMILES string of the molecule is CC(=O)CC(C)=NN=C(N)c1ccccc1. The van der Waals surface area contributed by atoms with Crippen LogP contribution < -0.4 is 5.73 Å². The monoisotopic (exact) mass is 217 g/mol. The molecule has 0 heterocycles. The number of nitrogens with two attached hydrogens (primary N) is 1. The number of hydrogen-bond acceptors (Lipinski definition) is 3. The van der Waals surface area contributed by atoms with Gasteiger partial charge in [-0.15, -0.1) is 5.10 Å². The van der Waals surface area contributed by atoms with Gasteiger partial charge in [-0.25, -0.2) is 0 Å². The van der Waals surface area contributed by atoms with Crippen molar-refractivity contribution in [3.05, 3.63) is 35.9 Å². The van der Waals surface area contributed by atoms with Crippen molar-refractivity contribution in [2.45, 2.75) is 20.3 Å². The fraction of sp³-hybridized carbons (Fsp3) is 0.250. The lowest BCUT2D eigenvalue weighted by Gasteiger charge is -1.97. The fourth-order valence-electron chi connectivity index (χ4n) is 1.20. The third-order valence-corrected chi connectivity index (χ3v) is 1.90. The van der Waals surface area contributed by atoms with Gasteiger partial charge in [0.2, 0.25) is 0 Å². The largest absolute Gasteiger partial charge is 0.382 e. The predicted octanol–water partition coefficient (Wildman–Crippen LogP) is 1.75. The first-order valence-corrected chi connectivity index (χ1v) is 5.01. The summed E-state index contributed by atoms with van der Waals surface area (Å²) in [6, 6.07) is 9.37. The highest BCUT2D eigenvalue weighted by atomic mass is 16.1. The highest BCUT2D eigenvalue weighted by Gasteiger charge is 1.98. The Labute approximate surface area is 94.9 Å². The van der Waals surface area contributed by atoms with E-state index in [-0.39, 0.29) is 5.78 Å². The Hall–Kier alpha value is -1.97. The molecule has 0 radical (unpaired) electrons. The van der Waals surface area contributed by atoms with Crippen LogP contribution in [0.2, 0.25) is 0 Å².